The fourth-order valence-electron chi connectivity index (χ4n) is 3.41. The van der Waals surface area contributed by atoms with Gasteiger partial charge in [-0.2, -0.15) is 0 Å². The van der Waals surface area contributed by atoms with Crippen molar-refractivity contribution < 1.29 is 14.8 Å². The number of allylic oxidation sites excluding steroid dienone is 1. The second-order valence-corrected chi connectivity index (χ2v) is 12.0. The molecule has 0 spiro atoms. The molecule has 0 amide bonds. The van der Waals surface area contributed by atoms with Crippen LogP contribution in [0.25, 0.3) is 5.57 Å². The van der Waals surface area contributed by atoms with Crippen LogP contribution in [0.5, 0.6) is 5.88 Å². The molecule has 0 atom stereocenters. The van der Waals surface area contributed by atoms with Crippen molar-refractivity contribution in [3.63, 3.8) is 0 Å². The first-order valence-electron chi connectivity index (χ1n) is 11.8. The maximum atomic E-state index is 8.87. The summed E-state index contributed by atoms with van der Waals surface area (Å²) in [6.45, 7) is 6.37. The third-order valence-corrected chi connectivity index (χ3v) is 7.59. The van der Waals surface area contributed by atoms with Crippen LogP contribution in [0.2, 0.25) is 5.02 Å². The van der Waals surface area contributed by atoms with E-state index in [0.717, 1.165) is 27.4 Å². The molecule has 190 valence electrons. The number of rotatable bonds is 7. The maximum absolute atomic E-state index is 8.87. The van der Waals surface area contributed by atoms with Crippen LogP contribution in [-0.4, -0.2) is 39.8 Å². The third kappa shape index (κ3) is 8.39. The number of pyridine rings is 1. The number of benzene rings is 2. The highest BCUT2D eigenvalue weighted by Gasteiger charge is 2.22. The van der Waals surface area contributed by atoms with E-state index in [1.54, 1.807) is 19.2 Å². The van der Waals surface area contributed by atoms with Crippen molar-refractivity contribution in [2.24, 2.45) is 0 Å². The number of methoxy groups -OCH3 is 1. The van der Waals surface area contributed by atoms with Crippen molar-refractivity contribution >= 4 is 57.4 Å². The van der Waals surface area contributed by atoms with Gasteiger partial charge in [-0.15, -0.1) is 11.8 Å². The minimum atomic E-state index is -1.37. The Morgan fingerprint density at radius 1 is 1.08 bits per heavy atom. The van der Waals surface area contributed by atoms with Crippen LogP contribution >= 0.6 is 39.3 Å². The molecule has 4 rings (SSSR count). The van der Waals surface area contributed by atoms with Gasteiger partial charge in [0.1, 0.15) is 5.02 Å². The first-order chi connectivity index (χ1) is 17.1. The zero-order valence-electron chi connectivity index (χ0n) is 21.0. The molecule has 3 aromatic rings. The highest BCUT2D eigenvalue weighted by molar-refractivity contribution is 9.09. The first kappa shape index (κ1) is 28.8. The van der Waals surface area contributed by atoms with Gasteiger partial charge in [-0.25, -0.2) is 4.98 Å². The van der Waals surface area contributed by atoms with Crippen molar-refractivity contribution in [2.75, 3.05) is 12.4 Å². The summed E-state index contributed by atoms with van der Waals surface area (Å²) in [5.74, 6) is 0.450. The number of thioether (sulfide) groups is 1. The summed E-state index contributed by atoms with van der Waals surface area (Å²) in [5.41, 5.74) is 4.90. The molecule has 1 fully saturated rings. The second kappa shape index (κ2) is 13.2. The lowest BCUT2D eigenvalue weighted by Crippen LogP contribution is -2.29. The van der Waals surface area contributed by atoms with Gasteiger partial charge in [0.25, 0.3) is 0 Å². The van der Waals surface area contributed by atoms with Crippen LogP contribution in [0.3, 0.4) is 0 Å². The van der Waals surface area contributed by atoms with Gasteiger partial charge in [-0.1, -0.05) is 90.8 Å². The minimum absolute atomic E-state index is 0.110. The Kier molecular flexibility index (Phi) is 10.5. The van der Waals surface area contributed by atoms with Gasteiger partial charge in [-0.3, -0.25) is 0 Å². The molecule has 8 heteroatoms. The number of alkyl halides is 1. The summed E-state index contributed by atoms with van der Waals surface area (Å²) >= 11 is 11.5. The molecule has 0 unspecified atom stereocenters. The van der Waals surface area contributed by atoms with Crippen LogP contribution in [0.15, 0.2) is 71.6 Å². The van der Waals surface area contributed by atoms with Gasteiger partial charge >= 0.3 is 7.12 Å². The SMILES string of the molecule is CC(C)(C)c1ccc(B(O)O)cc1.COc1nc(/C(=C/CBr)c2ccc(SC3CC3)cc2)ccc1Cl. The number of halogens is 2. The number of aromatic nitrogens is 1. The number of nitrogens with zero attached hydrogens (tertiary/aromatic N) is 1. The van der Waals surface area contributed by atoms with Crippen molar-refractivity contribution in [1.29, 1.82) is 0 Å². The highest BCUT2D eigenvalue weighted by Crippen LogP contribution is 2.39. The van der Waals surface area contributed by atoms with Crippen molar-refractivity contribution in [1.82, 2.24) is 4.98 Å². The zero-order chi connectivity index (χ0) is 26.3. The van der Waals surface area contributed by atoms with E-state index in [-0.39, 0.29) is 5.41 Å². The normalized spacial score (nSPS) is 13.6. The van der Waals surface area contributed by atoms with Gasteiger partial charge in [0, 0.05) is 21.0 Å². The van der Waals surface area contributed by atoms with E-state index in [4.69, 9.17) is 26.4 Å². The Labute approximate surface area is 232 Å². The lowest BCUT2D eigenvalue weighted by atomic mass is 9.78. The summed E-state index contributed by atoms with van der Waals surface area (Å²) in [7, 11) is 0.212. The van der Waals surface area contributed by atoms with Gasteiger partial charge in [-0.05, 0) is 59.1 Å². The van der Waals surface area contributed by atoms with Crippen LogP contribution < -0.4 is 10.2 Å². The molecule has 36 heavy (non-hydrogen) atoms. The molecule has 2 aromatic carbocycles. The van der Waals surface area contributed by atoms with Gasteiger partial charge < -0.3 is 14.8 Å². The lowest BCUT2D eigenvalue weighted by molar-refractivity contribution is 0.398. The predicted molar refractivity (Wildman–Crippen MR) is 157 cm³/mol. The van der Waals surface area contributed by atoms with Crippen molar-refractivity contribution in [3.8, 4) is 5.88 Å². The summed E-state index contributed by atoms with van der Waals surface area (Å²) in [6.07, 6.45) is 4.80. The molecule has 0 saturated heterocycles. The Hall–Kier alpha value is -1.77. The van der Waals surface area contributed by atoms with Crippen LogP contribution in [0, 0.1) is 0 Å². The van der Waals surface area contributed by atoms with Crippen molar-refractivity contribution in [3.05, 3.63) is 88.6 Å². The van der Waals surface area contributed by atoms with E-state index < -0.39 is 7.12 Å². The summed E-state index contributed by atoms with van der Waals surface area (Å²) < 4.78 is 5.23. The minimum Gasteiger partial charge on any atom is -0.480 e. The smallest absolute Gasteiger partial charge is 0.480 e. The molecule has 4 nitrogen and oxygen atoms in total. The molecule has 0 aliphatic heterocycles. The third-order valence-electron chi connectivity index (χ3n) is 5.63. The lowest BCUT2D eigenvalue weighted by Gasteiger charge is -2.19. The Morgan fingerprint density at radius 3 is 2.22 bits per heavy atom. The molecular weight excluding hydrogens is 557 g/mol. The summed E-state index contributed by atoms with van der Waals surface area (Å²) in [5, 5.41) is 19.8. The monoisotopic (exact) mass is 587 g/mol. The molecule has 0 radical (unpaired) electrons. The maximum Gasteiger partial charge on any atom is 0.488 e. The fourth-order valence-corrected chi connectivity index (χ4v) is 4.97. The van der Waals surface area contributed by atoms with Crippen LogP contribution in [0.4, 0.5) is 0 Å². The Morgan fingerprint density at radius 2 is 1.72 bits per heavy atom. The average molecular weight is 589 g/mol. The molecule has 1 aliphatic rings. The van der Waals surface area contributed by atoms with E-state index in [1.165, 1.54) is 23.3 Å². The van der Waals surface area contributed by atoms with E-state index in [2.05, 4.69) is 72.0 Å². The summed E-state index contributed by atoms with van der Waals surface area (Å²) in [6, 6.07) is 19.8. The van der Waals surface area contributed by atoms with Crippen LogP contribution in [-0.2, 0) is 5.41 Å². The number of hydrogen-bond acceptors (Lipinski definition) is 5. The van der Waals surface area contributed by atoms with E-state index in [1.807, 2.05) is 36.0 Å². The Bertz CT molecular complexity index is 1160. The molecule has 1 aromatic heterocycles. The second-order valence-electron chi connectivity index (χ2n) is 9.55. The molecule has 2 N–H and O–H groups in total. The van der Waals surface area contributed by atoms with Crippen LogP contribution in [0.1, 0.15) is 50.4 Å². The van der Waals surface area contributed by atoms with Gasteiger partial charge in [0.2, 0.25) is 5.88 Å². The topological polar surface area (TPSA) is 62.6 Å². The average Bonchev–Trinajstić information content (AvgIpc) is 3.68. The summed E-state index contributed by atoms with van der Waals surface area (Å²) in [4.78, 5) is 5.85. The molecule has 1 heterocycles. The number of hydrogen-bond donors (Lipinski definition) is 2. The standard InChI is InChI=1S/C18H17BrClNOS.C10H15BO2/c1-22-18-16(20)8-9-17(21-18)15(10-11-19)12-2-4-13(5-3-12)23-14-6-7-14;1-10(2,3)8-4-6-9(7-5-8)11(12)13/h2-5,8-10,14H,6-7,11H2,1H3;4-7,12-13H,1-3H3/b15-10+;. The zero-order valence-corrected chi connectivity index (χ0v) is 24.2. The molecular formula is C28H32BBrClNO3S. The number of ether oxygens (including phenoxy) is 1. The van der Waals surface area contributed by atoms with E-state index in [0.29, 0.717) is 16.4 Å². The fraction of sp³-hybridized carbons (Fsp3) is 0.321. The largest absolute Gasteiger partial charge is 0.488 e. The van der Waals surface area contributed by atoms with E-state index in [9.17, 15) is 0 Å². The first-order valence-corrected chi connectivity index (χ1v) is 14.2. The van der Waals surface area contributed by atoms with Crippen molar-refractivity contribution in [2.45, 2.75) is 49.2 Å². The Balaban J connectivity index is 0.000000236. The highest BCUT2D eigenvalue weighted by atomic mass is 79.9. The predicted octanol–water partition coefficient (Wildman–Crippen LogP) is 6.49. The molecule has 1 aliphatic carbocycles. The quantitative estimate of drug-likeness (QED) is 0.244. The van der Waals surface area contributed by atoms with Gasteiger partial charge in [0.15, 0.2) is 0 Å². The van der Waals surface area contributed by atoms with Gasteiger partial charge in [0.05, 0.1) is 12.8 Å². The van der Waals surface area contributed by atoms with E-state index >= 15 is 0 Å². The molecule has 1 saturated carbocycles. The molecule has 0 bridgehead atoms.